The number of nitrogens with zero attached hydrogens (tertiary/aromatic N) is 6. The minimum absolute atomic E-state index is 0.574. The van der Waals surface area contributed by atoms with Gasteiger partial charge >= 0.3 is 0 Å². The predicted octanol–water partition coefficient (Wildman–Crippen LogP) is 4.70. The van der Waals surface area contributed by atoms with E-state index in [9.17, 15) is 9.81 Å². The number of hydrogen-bond acceptors (Lipinski definition) is 8. The number of anilines is 2. The summed E-state index contributed by atoms with van der Waals surface area (Å²) in [5.74, 6) is 1.33. The van der Waals surface area contributed by atoms with Crippen LogP contribution in [0.3, 0.4) is 0 Å². The SMILES string of the molecule is O=N/C=C1/N(CCN2C=CN(c3ccccc3)/C2=C/N=O)C=CN1c1ccccc1. The lowest BCUT2D eigenvalue weighted by Gasteiger charge is -2.28. The third-order valence-corrected chi connectivity index (χ3v) is 4.86. The Hall–Kier alpha value is -4.20. The van der Waals surface area contributed by atoms with Gasteiger partial charge in [-0.25, -0.2) is 0 Å². The monoisotopic (exact) mass is 400 g/mol. The first-order valence-corrected chi connectivity index (χ1v) is 9.45. The van der Waals surface area contributed by atoms with Crippen molar-refractivity contribution in [3.8, 4) is 0 Å². The van der Waals surface area contributed by atoms with Crippen LogP contribution in [0.25, 0.3) is 0 Å². The number of benzene rings is 2. The van der Waals surface area contributed by atoms with Crippen LogP contribution in [0, 0.1) is 9.81 Å². The molecule has 2 aliphatic rings. The Kier molecular flexibility index (Phi) is 5.66. The molecule has 0 radical (unpaired) electrons. The van der Waals surface area contributed by atoms with Crippen LogP contribution in [-0.4, -0.2) is 22.9 Å². The fourth-order valence-corrected chi connectivity index (χ4v) is 3.45. The van der Waals surface area contributed by atoms with Gasteiger partial charge in [0.25, 0.3) is 0 Å². The fraction of sp³-hybridized carbons (Fsp3) is 0.0909. The summed E-state index contributed by atoms with van der Waals surface area (Å²) in [4.78, 5) is 29.7. The third-order valence-electron chi connectivity index (χ3n) is 4.86. The minimum atomic E-state index is 0.574. The van der Waals surface area contributed by atoms with Crippen molar-refractivity contribution in [1.82, 2.24) is 9.80 Å². The molecule has 4 rings (SSSR count). The van der Waals surface area contributed by atoms with Gasteiger partial charge in [-0.2, -0.15) is 0 Å². The van der Waals surface area contributed by atoms with Crippen molar-refractivity contribution < 1.29 is 0 Å². The van der Waals surface area contributed by atoms with Gasteiger partial charge in [0, 0.05) is 49.3 Å². The van der Waals surface area contributed by atoms with E-state index in [4.69, 9.17) is 0 Å². The molecule has 150 valence electrons. The summed E-state index contributed by atoms with van der Waals surface area (Å²) in [6.45, 7) is 1.15. The van der Waals surface area contributed by atoms with E-state index in [1.165, 1.54) is 12.4 Å². The van der Waals surface area contributed by atoms with Crippen LogP contribution in [0.5, 0.6) is 0 Å². The number of hydrogen-bond donors (Lipinski definition) is 0. The zero-order valence-corrected chi connectivity index (χ0v) is 16.2. The molecule has 8 nitrogen and oxygen atoms in total. The van der Waals surface area contributed by atoms with Crippen LogP contribution in [0.1, 0.15) is 0 Å². The van der Waals surface area contributed by atoms with E-state index < -0.39 is 0 Å². The highest BCUT2D eigenvalue weighted by atomic mass is 16.3. The van der Waals surface area contributed by atoms with Crippen LogP contribution < -0.4 is 9.80 Å². The topological polar surface area (TPSA) is 71.8 Å². The van der Waals surface area contributed by atoms with E-state index in [2.05, 4.69) is 10.4 Å². The molecule has 8 heteroatoms. The molecule has 0 bridgehead atoms. The highest BCUT2D eigenvalue weighted by Crippen LogP contribution is 2.29. The quantitative estimate of drug-likeness (QED) is 0.627. The van der Waals surface area contributed by atoms with Crippen molar-refractivity contribution in [2.75, 3.05) is 22.9 Å². The molecule has 0 saturated carbocycles. The van der Waals surface area contributed by atoms with Crippen LogP contribution in [0.4, 0.5) is 11.4 Å². The normalized spacial score (nSPS) is 18.1. The first-order chi connectivity index (χ1) is 14.8. The Morgan fingerprint density at radius 1 is 0.600 bits per heavy atom. The molecule has 0 aliphatic carbocycles. The van der Waals surface area contributed by atoms with Gasteiger partial charge in [-0.05, 0) is 34.6 Å². The molecule has 0 amide bonds. The van der Waals surface area contributed by atoms with Crippen molar-refractivity contribution in [1.29, 1.82) is 0 Å². The Labute approximate surface area is 174 Å². The molecule has 0 unspecified atom stereocenters. The zero-order valence-electron chi connectivity index (χ0n) is 16.2. The molecular formula is C22H20N6O2. The van der Waals surface area contributed by atoms with E-state index in [-0.39, 0.29) is 0 Å². The van der Waals surface area contributed by atoms with Gasteiger partial charge in [0.15, 0.2) is 0 Å². The number of para-hydroxylation sites is 2. The number of rotatable bonds is 7. The average molecular weight is 400 g/mol. The molecular weight excluding hydrogens is 380 g/mol. The van der Waals surface area contributed by atoms with E-state index in [0.717, 1.165) is 11.4 Å². The van der Waals surface area contributed by atoms with Gasteiger partial charge < -0.3 is 19.6 Å². The van der Waals surface area contributed by atoms with Crippen molar-refractivity contribution in [3.05, 3.63) is 119 Å². The molecule has 2 aromatic rings. The Morgan fingerprint density at radius 3 is 1.37 bits per heavy atom. The van der Waals surface area contributed by atoms with E-state index in [1.807, 2.05) is 105 Å². The van der Waals surface area contributed by atoms with E-state index in [0.29, 0.717) is 24.7 Å². The van der Waals surface area contributed by atoms with Crippen molar-refractivity contribution >= 4 is 11.4 Å². The Balaban J connectivity index is 1.47. The molecule has 0 fully saturated rings. The smallest absolute Gasteiger partial charge is 0.139 e. The summed E-state index contributed by atoms with van der Waals surface area (Å²) in [6, 6.07) is 19.5. The van der Waals surface area contributed by atoms with Crippen LogP contribution in [-0.2, 0) is 0 Å². The van der Waals surface area contributed by atoms with Crippen molar-refractivity contribution in [2.24, 2.45) is 10.4 Å². The third kappa shape index (κ3) is 3.83. The molecule has 2 aromatic carbocycles. The summed E-state index contributed by atoms with van der Waals surface area (Å²) in [5, 5.41) is 5.96. The van der Waals surface area contributed by atoms with Gasteiger partial charge in [-0.3, -0.25) is 0 Å². The molecule has 30 heavy (non-hydrogen) atoms. The second kappa shape index (κ2) is 8.87. The second-order valence-corrected chi connectivity index (χ2v) is 6.58. The molecule has 2 heterocycles. The average Bonchev–Trinajstić information content (AvgIpc) is 3.38. The van der Waals surface area contributed by atoms with E-state index in [1.54, 1.807) is 0 Å². The van der Waals surface area contributed by atoms with Gasteiger partial charge in [-0.1, -0.05) is 36.4 Å². The molecule has 0 N–H and O–H groups in total. The molecule has 0 spiro atoms. The molecule has 2 aliphatic heterocycles. The maximum atomic E-state index is 11.0. The first kappa shape index (κ1) is 19.1. The Morgan fingerprint density at radius 2 is 1.00 bits per heavy atom. The van der Waals surface area contributed by atoms with Crippen LogP contribution >= 0.6 is 0 Å². The highest BCUT2D eigenvalue weighted by Gasteiger charge is 2.25. The maximum Gasteiger partial charge on any atom is 0.139 e. The van der Waals surface area contributed by atoms with Gasteiger partial charge in [0.05, 0.1) is 0 Å². The Bertz CT molecular complexity index is 933. The maximum absolute atomic E-state index is 11.0. The standard InChI is InChI=1S/C22H20N6O2/c29-23-17-21-25(13-15-27(21)19-7-3-1-4-8-19)11-12-26-14-16-28(22(26)18-24-30)20-9-5-2-6-10-20/h1-10,13-18H,11-12H2/b21-17-,22-18+. The van der Waals surface area contributed by atoms with E-state index >= 15 is 0 Å². The van der Waals surface area contributed by atoms with Crippen molar-refractivity contribution in [3.63, 3.8) is 0 Å². The molecule has 0 atom stereocenters. The lowest BCUT2D eigenvalue weighted by atomic mass is 10.3. The largest absolute Gasteiger partial charge is 0.329 e. The van der Waals surface area contributed by atoms with Gasteiger partial charge in [-0.15, -0.1) is 9.81 Å². The van der Waals surface area contributed by atoms with Crippen molar-refractivity contribution in [2.45, 2.75) is 0 Å². The van der Waals surface area contributed by atoms with Gasteiger partial charge in [0.1, 0.15) is 24.0 Å². The van der Waals surface area contributed by atoms with Gasteiger partial charge in [0.2, 0.25) is 0 Å². The van der Waals surface area contributed by atoms with Crippen LogP contribution in [0.2, 0.25) is 0 Å². The lowest BCUT2D eigenvalue weighted by Crippen LogP contribution is -2.31. The molecule has 0 saturated heterocycles. The highest BCUT2D eigenvalue weighted by molar-refractivity contribution is 5.58. The number of nitroso groups, excluding NO2 is 2. The zero-order chi connectivity index (χ0) is 20.8. The fourth-order valence-electron chi connectivity index (χ4n) is 3.45. The summed E-state index contributed by atoms with van der Waals surface area (Å²) >= 11 is 0. The summed E-state index contributed by atoms with van der Waals surface area (Å²) in [5.41, 5.74) is 1.88. The minimum Gasteiger partial charge on any atom is -0.329 e. The summed E-state index contributed by atoms with van der Waals surface area (Å²) < 4.78 is 0. The summed E-state index contributed by atoms with van der Waals surface area (Å²) in [7, 11) is 0. The first-order valence-electron chi connectivity index (χ1n) is 9.45. The second-order valence-electron chi connectivity index (χ2n) is 6.58. The lowest BCUT2D eigenvalue weighted by molar-refractivity contribution is 0.384. The summed E-state index contributed by atoms with van der Waals surface area (Å²) in [6.07, 6.45) is 10.2. The van der Waals surface area contributed by atoms with Crippen LogP contribution in [0.15, 0.2) is 120 Å². The molecule has 0 aromatic heterocycles. The predicted molar refractivity (Wildman–Crippen MR) is 117 cm³/mol.